The van der Waals surface area contributed by atoms with Crippen molar-refractivity contribution in [1.82, 2.24) is 14.9 Å². The second-order valence-corrected chi connectivity index (χ2v) is 5.47. The molecule has 0 spiro atoms. The van der Waals surface area contributed by atoms with Gasteiger partial charge in [0.15, 0.2) is 6.61 Å². The fourth-order valence-corrected chi connectivity index (χ4v) is 2.63. The second kappa shape index (κ2) is 6.64. The monoisotopic (exact) mass is 312 g/mol. The number of carbonyl (C=O) groups is 1. The zero-order valence-corrected chi connectivity index (χ0v) is 13.3. The molecule has 1 fully saturated rings. The smallest absolute Gasteiger partial charge is 0.261 e. The molecule has 120 valence electrons. The average Bonchev–Trinajstić information content (AvgIpc) is 2.52. The molecule has 6 heteroatoms. The molecule has 0 aliphatic carbocycles. The summed E-state index contributed by atoms with van der Waals surface area (Å²) in [6, 6.07) is 11.3. The van der Waals surface area contributed by atoms with Gasteiger partial charge in [0.05, 0.1) is 11.7 Å². The van der Waals surface area contributed by atoms with Gasteiger partial charge in [0.2, 0.25) is 0 Å². The predicted molar refractivity (Wildman–Crippen MR) is 87.3 cm³/mol. The highest BCUT2D eigenvalue weighted by atomic mass is 16.5. The van der Waals surface area contributed by atoms with E-state index in [4.69, 9.17) is 4.74 Å². The van der Waals surface area contributed by atoms with Gasteiger partial charge in [-0.2, -0.15) is 0 Å². The van der Waals surface area contributed by atoms with Crippen molar-refractivity contribution in [2.45, 2.75) is 19.4 Å². The van der Waals surface area contributed by atoms with Gasteiger partial charge in [-0.25, -0.2) is 9.97 Å². The Balaban J connectivity index is 1.65. The summed E-state index contributed by atoms with van der Waals surface area (Å²) in [6.07, 6.45) is 0.913. The summed E-state index contributed by atoms with van der Waals surface area (Å²) in [4.78, 5) is 22.9. The van der Waals surface area contributed by atoms with Crippen LogP contribution in [-0.4, -0.2) is 41.0 Å². The van der Waals surface area contributed by atoms with Gasteiger partial charge in [0, 0.05) is 19.7 Å². The summed E-state index contributed by atoms with van der Waals surface area (Å²) in [5.74, 6) is 2.15. The lowest BCUT2D eigenvalue weighted by Crippen LogP contribution is -2.47. The third kappa shape index (κ3) is 3.41. The third-order valence-corrected chi connectivity index (χ3v) is 3.90. The van der Waals surface area contributed by atoms with E-state index in [1.165, 1.54) is 0 Å². The number of carbonyl (C=O) groups excluding carboxylic acids is 1. The lowest BCUT2D eigenvalue weighted by molar-refractivity contribution is -0.141. The van der Waals surface area contributed by atoms with Gasteiger partial charge in [0.25, 0.3) is 5.91 Å². The zero-order chi connectivity index (χ0) is 16.2. The Kier molecular flexibility index (Phi) is 4.41. The molecule has 0 bridgehead atoms. The zero-order valence-electron chi connectivity index (χ0n) is 13.3. The lowest BCUT2D eigenvalue weighted by atomic mass is 9.99. The topological polar surface area (TPSA) is 67.4 Å². The van der Waals surface area contributed by atoms with E-state index in [1.807, 2.05) is 55.3 Å². The fourth-order valence-electron chi connectivity index (χ4n) is 2.63. The Morgan fingerprint density at radius 1 is 1.35 bits per heavy atom. The highest BCUT2D eigenvalue weighted by Gasteiger charge is 2.34. The van der Waals surface area contributed by atoms with E-state index in [2.05, 4.69) is 15.3 Å². The maximum atomic E-state index is 12.4. The van der Waals surface area contributed by atoms with Crippen LogP contribution in [0.2, 0.25) is 0 Å². The first-order valence-corrected chi connectivity index (χ1v) is 7.68. The molecule has 0 saturated carbocycles. The molecule has 1 amide bonds. The molecule has 1 atom stereocenters. The SMILES string of the molecule is CNc1cc(C2CCN2C(=O)COc2ccccc2)nc(C)n1. The van der Waals surface area contributed by atoms with Crippen molar-refractivity contribution < 1.29 is 9.53 Å². The fraction of sp³-hybridized carbons (Fsp3) is 0.353. The maximum absolute atomic E-state index is 12.4. The van der Waals surface area contributed by atoms with Crippen molar-refractivity contribution in [2.75, 3.05) is 25.5 Å². The highest BCUT2D eigenvalue weighted by molar-refractivity contribution is 5.79. The number of para-hydroxylation sites is 1. The summed E-state index contributed by atoms with van der Waals surface area (Å²) in [5.41, 5.74) is 0.876. The van der Waals surface area contributed by atoms with Crippen LogP contribution < -0.4 is 10.1 Å². The first-order chi connectivity index (χ1) is 11.2. The molecule has 1 aliphatic heterocycles. The third-order valence-electron chi connectivity index (χ3n) is 3.90. The number of aromatic nitrogens is 2. The lowest BCUT2D eigenvalue weighted by Gasteiger charge is -2.40. The van der Waals surface area contributed by atoms with Crippen LogP contribution in [0.3, 0.4) is 0 Å². The Hall–Kier alpha value is -2.63. The van der Waals surface area contributed by atoms with Crippen LogP contribution in [0.4, 0.5) is 5.82 Å². The summed E-state index contributed by atoms with van der Waals surface area (Å²) < 4.78 is 5.54. The average molecular weight is 312 g/mol. The molecular weight excluding hydrogens is 292 g/mol. The number of nitrogens with one attached hydrogen (secondary N) is 1. The molecule has 6 nitrogen and oxygen atoms in total. The van der Waals surface area contributed by atoms with Gasteiger partial charge in [-0.05, 0) is 25.5 Å². The van der Waals surface area contributed by atoms with Gasteiger partial charge in [-0.1, -0.05) is 18.2 Å². The summed E-state index contributed by atoms with van der Waals surface area (Å²) in [5, 5.41) is 3.02. The molecule has 2 aromatic rings. The van der Waals surface area contributed by atoms with E-state index in [0.717, 1.165) is 24.5 Å². The van der Waals surface area contributed by atoms with E-state index in [0.29, 0.717) is 11.6 Å². The largest absolute Gasteiger partial charge is 0.484 e. The Morgan fingerprint density at radius 2 is 2.13 bits per heavy atom. The van der Waals surface area contributed by atoms with Gasteiger partial charge >= 0.3 is 0 Å². The molecule has 0 radical (unpaired) electrons. The van der Waals surface area contributed by atoms with Gasteiger partial charge in [-0.3, -0.25) is 4.79 Å². The van der Waals surface area contributed by atoms with Crippen molar-refractivity contribution in [3.63, 3.8) is 0 Å². The predicted octanol–water partition coefficient (Wildman–Crippen LogP) is 2.18. The van der Waals surface area contributed by atoms with E-state index >= 15 is 0 Å². The van der Waals surface area contributed by atoms with E-state index in [-0.39, 0.29) is 18.6 Å². The Labute approximate surface area is 135 Å². The van der Waals surface area contributed by atoms with Gasteiger partial charge in [0.1, 0.15) is 17.4 Å². The van der Waals surface area contributed by atoms with E-state index in [9.17, 15) is 4.79 Å². The maximum Gasteiger partial charge on any atom is 0.261 e. The van der Waals surface area contributed by atoms with Crippen LogP contribution in [0.5, 0.6) is 5.75 Å². The highest BCUT2D eigenvalue weighted by Crippen LogP contribution is 2.33. The number of hydrogen-bond donors (Lipinski definition) is 1. The van der Waals surface area contributed by atoms with E-state index < -0.39 is 0 Å². The number of likely N-dealkylation sites (tertiary alicyclic amines) is 1. The molecule has 1 aromatic heterocycles. The number of hydrogen-bond acceptors (Lipinski definition) is 5. The Morgan fingerprint density at radius 3 is 2.78 bits per heavy atom. The summed E-state index contributed by atoms with van der Waals surface area (Å²) in [6.45, 7) is 2.64. The van der Waals surface area contributed by atoms with Crippen LogP contribution in [0.25, 0.3) is 0 Å². The van der Waals surface area contributed by atoms with E-state index in [1.54, 1.807) is 0 Å². The first-order valence-electron chi connectivity index (χ1n) is 7.68. The Bertz CT molecular complexity index is 690. The minimum atomic E-state index is -0.0209. The van der Waals surface area contributed by atoms with Crippen molar-refractivity contribution >= 4 is 11.7 Å². The number of amides is 1. The number of ether oxygens (including phenoxy) is 1. The normalized spacial score (nSPS) is 16.6. The van der Waals surface area contributed by atoms with Crippen LogP contribution in [0.1, 0.15) is 24.0 Å². The van der Waals surface area contributed by atoms with Gasteiger partial charge < -0.3 is 15.0 Å². The summed E-state index contributed by atoms with van der Waals surface area (Å²) >= 11 is 0. The standard InChI is InChI=1S/C17H20N4O2/c1-12-19-14(10-16(18-2)20-12)15-8-9-21(15)17(22)11-23-13-6-4-3-5-7-13/h3-7,10,15H,8-9,11H2,1-2H3,(H,18,19,20). The molecule has 1 aromatic carbocycles. The van der Waals surface area contributed by atoms with Crippen molar-refractivity contribution in [3.8, 4) is 5.75 Å². The van der Waals surface area contributed by atoms with Crippen LogP contribution in [0.15, 0.2) is 36.4 Å². The number of nitrogens with zero attached hydrogens (tertiary/aromatic N) is 3. The second-order valence-electron chi connectivity index (χ2n) is 5.47. The van der Waals surface area contributed by atoms with Crippen LogP contribution in [0, 0.1) is 6.92 Å². The molecule has 23 heavy (non-hydrogen) atoms. The molecule has 1 N–H and O–H groups in total. The van der Waals surface area contributed by atoms with Gasteiger partial charge in [-0.15, -0.1) is 0 Å². The van der Waals surface area contributed by atoms with Crippen molar-refractivity contribution in [2.24, 2.45) is 0 Å². The van der Waals surface area contributed by atoms with Crippen LogP contribution >= 0.6 is 0 Å². The number of aryl methyl sites for hydroxylation is 1. The van der Waals surface area contributed by atoms with Crippen molar-refractivity contribution in [3.05, 3.63) is 47.9 Å². The van der Waals surface area contributed by atoms with Crippen LogP contribution in [-0.2, 0) is 4.79 Å². The molecule has 3 rings (SSSR count). The number of benzene rings is 1. The minimum absolute atomic E-state index is 0.00988. The molecule has 2 heterocycles. The first kappa shape index (κ1) is 15.3. The quantitative estimate of drug-likeness (QED) is 0.916. The number of rotatable bonds is 5. The number of anilines is 1. The van der Waals surface area contributed by atoms with Crippen molar-refractivity contribution in [1.29, 1.82) is 0 Å². The molecule has 1 aliphatic rings. The molecule has 1 saturated heterocycles. The minimum Gasteiger partial charge on any atom is -0.484 e. The molecule has 1 unspecified atom stereocenters. The molecular formula is C17H20N4O2. The summed E-state index contributed by atoms with van der Waals surface area (Å²) in [7, 11) is 1.82.